The van der Waals surface area contributed by atoms with E-state index < -0.39 is 53.4 Å². The topological polar surface area (TPSA) is 117 Å². The van der Waals surface area contributed by atoms with Crippen LogP contribution < -0.4 is 0 Å². The van der Waals surface area contributed by atoms with E-state index in [1.54, 1.807) is 17.2 Å². The van der Waals surface area contributed by atoms with E-state index >= 15 is 4.39 Å². The van der Waals surface area contributed by atoms with E-state index in [0.717, 1.165) is 11.4 Å². The summed E-state index contributed by atoms with van der Waals surface area (Å²) in [5.74, 6) is -2.74. The number of hydrogen-bond donors (Lipinski definition) is 2. The highest BCUT2D eigenvalue weighted by atomic mass is 32.1. The summed E-state index contributed by atoms with van der Waals surface area (Å²) in [5, 5.41) is 24.6. The quantitative estimate of drug-likeness (QED) is 0.405. The Kier molecular flexibility index (Phi) is 8.69. The van der Waals surface area contributed by atoms with Crippen LogP contribution in [0.3, 0.4) is 0 Å². The predicted octanol–water partition coefficient (Wildman–Crippen LogP) is 4.36. The standard InChI is InChI=1S/C29H41FN2O6S/c1-16-8-6-9-28(5)23(32(28)19(4)33)13-22(21(30)12-20-15-39-18(3)31-20)38-25(35)14-24(34)29(10-7-11-29)27(37)17(2)26(16)36/h12,15-17,22-24,26,34,36H,6-11,13-14H2,1-5H3/b21-12-/t16-,17+,22-,23-,24-,26-,28+,32?/m0/s1. The molecule has 1 aromatic heterocycles. The zero-order valence-electron chi connectivity index (χ0n) is 23.5. The monoisotopic (exact) mass is 564 g/mol. The number of fused-ring (bicyclic) bond motifs is 1. The lowest BCUT2D eigenvalue weighted by Gasteiger charge is -2.46. The van der Waals surface area contributed by atoms with Crippen LogP contribution in [0, 0.1) is 24.2 Å². The second-order valence-electron chi connectivity index (χ2n) is 12.0. The molecule has 1 amide bonds. The smallest absolute Gasteiger partial charge is 0.309 e. The number of thiazole rings is 1. The van der Waals surface area contributed by atoms with Crippen molar-refractivity contribution in [1.29, 1.82) is 0 Å². The SMILES string of the molecule is CC(=O)N1[C@H]2C[C@@H](/C(F)=C/c3csc(C)n3)OC(=O)C[C@H](O)C3(CCC3)C(=O)[C@H](C)[C@@H](O)[C@@H](C)CCC[C@]21C. The Morgan fingerprint density at radius 2 is 1.92 bits per heavy atom. The third-order valence-electron chi connectivity index (χ3n) is 9.38. The Morgan fingerprint density at radius 1 is 1.23 bits per heavy atom. The van der Waals surface area contributed by atoms with Crippen LogP contribution in [-0.4, -0.2) is 67.6 Å². The summed E-state index contributed by atoms with van der Waals surface area (Å²) in [4.78, 5) is 45.1. The maximum absolute atomic E-state index is 15.6. The minimum atomic E-state index is -1.29. The van der Waals surface area contributed by atoms with Crippen LogP contribution in [0.5, 0.6) is 0 Å². The first-order valence-electron chi connectivity index (χ1n) is 14.0. The van der Waals surface area contributed by atoms with Gasteiger partial charge in [-0.2, -0.15) is 0 Å². The predicted molar refractivity (Wildman–Crippen MR) is 145 cm³/mol. The Morgan fingerprint density at radius 3 is 2.49 bits per heavy atom. The molecule has 1 saturated carbocycles. The highest BCUT2D eigenvalue weighted by Gasteiger charge is 2.61. The van der Waals surface area contributed by atoms with E-state index in [0.29, 0.717) is 37.8 Å². The second kappa shape index (κ2) is 11.4. The van der Waals surface area contributed by atoms with E-state index in [9.17, 15) is 24.6 Å². The van der Waals surface area contributed by atoms with Gasteiger partial charge in [0.2, 0.25) is 5.91 Å². The van der Waals surface area contributed by atoms with Gasteiger partial charge >= 0.3 is 5.97 Å². The largest absolute Gasteiger partial charge is 0.455 e. The van der Waals surface area contributed by atoms with Crippen LogP contribution in [0.25, 0.3) is 6.08 Å². The highest BCUT2D eigenvalue weighted by Crippen LogP contribution is 2.50. The fourth-order valence-corrected chi connectivity index (χ4v) is 7.32. The molecule has 0 radical (unpaired) electrons. The van der Waals surface area contributed by atoms with Crippen molar-refractivity contribution < 1.29 is 33.7 Å². The van der Waals surface area contributed by atoms with Crippen LogP contribution in [0.4, 0.5) is 4.39 Å². The number of rotatable bonds is 2. The zero-order chi connectivity index (χ0) is 28.7. The first-order chi connectivity index (χ1) is 18.3. The Bertz CT molecular complexity index is 1130. The van der Waals surface area contributed by atoms with Crippen molar-refractivity contribution in [3.8, 4) is 0 Å². The Labute approximate surface area is 233 Å². The van der Waals surface area contributed by atoms with Gasteiger partial charge in [0.15, 0.2) is 6.10 Å². The number of Topliss-reactive ketones (excluding diaryl/α,β-unsaturated/α-hetero) is 1. The molecule has 39 heavy (non-hydrogen) atoms. The van der Waals surface area contributed by atoms with Crippen LogP contribution >= 0.6 is 11.3 Å². The van der Waals surface area contributed by atoms with Crippen molar-refractivity contribution in [2.45, 2.75) is 116 Å². The number of esters is 1. The molecule has 7 atom stereocenters. The number of aromatic nitrogens is 1. The molecular formula is C29H41FN2O6S. The molecule has 0 aromatic carbocycles. The molecule has 2 N–H and O–H groups in total. The van der Waals surface area contributed by atoms with Crippen molar-refractivity contribution in [3.63, 3.8) is 0 Å². The number of ketones is 1. The van der Waals surface area contributed by atoms with Crippen LogP contribution in [0.1, 0.15) is 89.8 Å². The van der Waals surface area contributed by atoms with E-state index in [2.05, 4.69) is 4.98 Å². The fourth-order valence-electron chi connectivity index (χ4n) is 6.74. The minimum Gasteiger partial charge on any atom is -0.455 e. The molecule has 3 heterocycles. The molecule has 0 bridgehead atoms. The number of carbonyl (C=O) groups excluding carboxylic acids is 3. The minimum absolute atomic E-state index is 0.0721. The Balaban J connectivity index is 1.65. The van der Waals surface area contributed by atoms with Gasteiger partial charge < -0.3 is 19.8 Å². The van der Waals surface area contributed by atoms with Crippen LogP contribution in [-0.2, 0) is 19.1 Å². The third-order valence-corrected chi connectivity index (χ3v) is 10.2. The number of aliphatic hydroxyl groups excluding tert-OH is 2. The average Bonchev–Trinajstić information content (AvgIpc) is 3.18. The third kappa shape index (κ3) is 5.84. The number of carbonyl (C=O) groups is 3. The molecular weight excluding hydrogens is 523 g/mol. The van der Waals surface area contributed by atoms with Crippen molar-refractivity contribution in [3.05, 3.63) is 21.9 Å². The van der Waals surface area contributed by atoms with Gasteiger partial charge in [-0.25, -0.2) is 9.37 Å². The van der Waals surface area contributed by atoms with Gasteiger partial charge in [0.05, 0.1) is 46.3 Å². The van der Waals surface area contributed by atoms with Crippen molar-refractivity contribution in [2.24, 2.45) is 17.3 Å². The number of aryl methyl sites for hydroxylation is 1. The summed E-state index contributed by atoms with van der Waals surface area (Å²) >= 11 is 1.38. The lowest BCUT2D eigenvalue weighted by atomic mass is 9.58. The molecule has 216 valence electrons. The first-order valence-corrected chi connectivity index (χ1v) is 14.9. The van der Waals surface area contributed by atoms with Crippen LogP contribution in [0.15, 0.2) is 11.2 Å². The number of halogens is 1. The molecule has 4 rings (SSSR count). The Hall–Kier alpha value is -2.17. The van der Waals surface area contributed by atoms with Gasteiger partial charge in [-0.05, 0) is 51.5 Å². The molecule has 1 aromatic rings. The van der Waals surface area contributed by atoms with Gasteiger partial charge in [-0.1, -0.05) is 26.7 Å². The maximum atomic E-state index is 15.6. The molecule has 1 aliphatic carbocycles. The molecule has 0 unspecified atom stereocenters. The van der Waals surface area contributed by atoms with E-state index in [-0.39, 0.29) is 30.1 Å². The lowest BCUT2D eigenvalue weighted by Crippen LogP contribution is -2.53. The lowest BCUT2D eigenvalue weighted by molar-refractivity contribution is -0.162. The maximum Gasteiger partial charge on any atom is 0.309 e. The number of ether oxygens (including phenoxy) is 1. The molecule has 8 nitrogen and oxygen atoms in total. The van der Waals surface area contributed by atoms with Crippen molar-refractivity contribution in [2.75, 3.05) is 0 Å². The van der Waals surface area contributed by atoms with Gasteiger partial charge in [-0.15, -0.1) is 11.3 Å². The van der Waals surface area contributed by atoms with Gasteiger partial charge in [0.1, 0.15) is 11.6 Å². The van der Waals surface area contributed by atoms with E-state index in [1.807, 2.05) is 20.8 Å². The molecule has 1 spiro atoms. The molecule has 3 aliphatic rings. The molecule has 2 saturated heterocycles. The average molecular weight is 565 g/mol. The zero-order valence-corrected chi connectivity index (χ0v) is 24.3. The summed E-state index contributed by atoms with van der Waals surface area (Å²) in [6.45, 7) is 8.82. The summed E-state index contributed by atoms with van der Waals surface area (Å²) in [6, 6.07) is -0.333. The summed E-state index contributed by atoms with van der Waals surface area (Å²) in [7, 11) is 0. The normalized spacial score (nSPS) is 36.2. The number of amides is 1. The first kappa shape index (κ1) is 29.8. The number of cyclic esters (lactones) is 1. The van der Waals surface area contributed by atoms with Crippen molar-refractivity contribution in [1.82, 2.24) is 9.88 Å². The van der Waals surface area contributed by atoms with E-state index in [1.165, 1.54) is 24.3 Å². The fraction of sp³-hybridized carbons (Fsp3) is 0.724. The van der Waals surface area contributed by atoms with Gasteiger partial charge in [-0.3, -0.25) is 14.4 Å². The van der Waals surface area contributed by atoms with Gasteiger partial charge in [0, 0.05) is 24.6 Å². The summed E-state index contributed by atoms with van der Waals surface area (Å²) < 4.78 is 21.3. The molecule has 3 fully saturated rings. The van der Waals surface area contributed by atoms with Crippen molar-refractivity contribution >= 4 is 35.1 Å². The summed E-state index contributed by atoms with van der Waals surface area (Å²) in [6.07, 6.45) is 1.01. The number of hydrogen-bond acceptors (Lipinski definition) is 8. The summed E-state index contributed by atoms with van der Waals surface area (Å²) in [5.41, 5.74) is -1.23. The van der Waals surface area contributed by atoms with Gasteiger partial charge in [0.25, 0.3) is 0 Å². The molecule has 2 aliphatic heterocycles. The number of nitrogens with zero attached hydrogens (tertiary/aromatic N) is 2. The number of aliphatic hydroxyl groups is 2. The second-order valence-corrected chi connectivity index (χ2v) is 13.1. The van der Waals surface area contributed by atoms with Crippen LogP contribution in [0.2, 0.25) is 0 Å². The highest BCUT2D eigenvalue weighted by molar-refractivity contribution is 7.09. The van der Waals surface area contributed by atoms with E-state index in [4.69, 9.17) is 4.74 Å². The molecule has 10 heteroatoms.